The monoisotopic (exact) mass is 405 g/mol. The van der Waals surface area contributed by atoms with E-state index < -0.39 is 0 Å². The number of benzene rings is 2. The van der Waals surface area contributed by atoms with Crippen molar-refractivity contribution in [3.63, 3.8) is 0 Å². The fraction of sp³-hybridized carbons (Fsp3) is 0.333. The van der Waals surface area contributed by atoms with Crippen LogP contribution in [0, 0.1) is 5.92 Å². The molecule has 4 rings (SSSR count). The predicted octanol–water partition coefficient (Wildman–Crippen LogP) is 3.55. The number of phenols is 1. The number of para-hydroxylation sites is 1. The Labute approximate surface area is 175 Å². The zero-order valence-electron chi connectivity index (χ0n) is 17.1. The Kier molecular flexibility index (Phi) is 5.74. The molecule has 2 amide bonds. The van der Waals surface area contributed by atoms with Crippen molar-refractivity contribution in [3.05, 3.63) is 64.8 Å². The molecular formula is C24H27N3O3. The number of nitrogens with one attached hydrogen (secondary N) is 3. The molecule has 2 aromatic carbocycles. The van der Waals surface area contributed by atoms with E-state index in [0.29, 0.717) is 36.6 Å². The molecule has 30 heavy (non-hydrogen) atoms. The molecule has 6 nitrogen and oxygen atoms in total. The van der Waals surface area contributed by atoms with Crippen molar-refractivity contribution in [2.45, 2.75) is 32.6 Å². The molecule has 0 fully saturated rings. The van der Waals surface area contributed by atoms with Gasteiger partial charge in [0.25, 0.3) is 11.8 Å². The van der Waals surface area contributed by atoms with Crippen molar-refractivity contribution < 1.29 is 14.7 Å². The summed E-state index contributed by atoms with van der Waals surface area (Å²) in [5.41, 5.74) is 4.62. The number of aryl methyl sites for hydroxylation is 1. The number of rotatable bonds is 6. The van der Waals surface area contributed by atoms with E-state index in [2.05, 4.69) is 28.6 Å². The van der Waals surface area contributed by atoms with Crippen LogP contribution in [0.3, 0.4) is 0 Å². The highest BCUT2D eigenvalue weighted by Crippen LogP contribution is 2.32. The molecule has 0 radical (unpaired) electrons. The average Bonchev–Trinajstić information content (AvgIpc) is 3.11. The van der Waals surface area contributed by atoms with Crippen LogP contribution >= 0.6 is 0 Å². The van der Waals surface area contributed by atoms with E-state index in [-0.39, 0.29) is 17.6 Å². The van der Waals surface area contributed by atoms with Crippen LogP contribution in [0.1, 0.15) is 51.7 Å². The lowest BCUT2D eigenvalue weighted by atomic mass is 9.87. The van der Waals surface area contributed by atoms with Gasteiger partial charge in [0.15, 0.2) is 0 Å². The van der Waals surface area contributed by atoms with Gasteiger partial charge < -0.3 is 20.7 Å². The van der Waals surface area contributed by atoms with Crippen molar-refractivity contribution in [2.75, 3.05) is 13.1 Å². The molecule has 0 aliphatic heterocycles. The maximum Gasteiger partial charge on any atom is 0.253 e. The van der Waals surface area contributed by atoms with Gasteiger partial charge >= 0.3 is 0 Å². The van der Waals surface area contributed by atoms with E-state index in [0.717, 1.165) is 23.7 Å². The molecular weight excluding hydrogens is 378 g/mol. The van der Waals surface area contributed by atoms with Crippen molar-refractivity contribution in [3.8, 4) is 5.75 Å². The number of carbonyl (C=O) groups excluding carboxylic acids is 2. The van der Waals surface area contributed by atoms with Crippen LogP contribution in [0.25, 0.3) is 10.9 Å². The summed E-state index contributed by atoms with van der Waals surface area (Å²) >= 11 is 0. The number of hydrogen-bond donors (Lipinski definition) is 4. The predicted molar refractivity (Wildman–Crippen MR) is 117 cm³/mol. The smallest absolute Gasteiger partial charge is 0.253 e. The summed E-state index contributed by atoms with van der Waals surface area (Å²) in [6.07, 6.45) is 3.88. The van der Waals surface area contributed by atoms with Gasteiger partial charge in [-0.1, -0.05) is 25.1 Å². The number of aromatic amines is 1. The van der Waals surface area contributed by atoms with Gasteiger partial charge in [0.05, 0.1) is 11.1 Å². The minimum Gasteiger partial charge on any atom is -0.508 e. The molecule has 1 heterocycles. The van der Waals surface area contributed by atoms with Crippen molar-refractivity contribution in [1.29, 1.82) is 0 Å². The van der Waals surface area contributed by atoms with Crippen LogP contribution in [0.2, 0.25) is 0 Å². The van der Waals surface area contributed by atoms with E-state index >= 15 is 0 Å². The lowest BCUT2D eigenvalue weighted by molar-refractivity contribution is 0.0952. The van der Waals surface area contributed by atoms with E-state index in [1.807, 2.05) is 12.1 Å². The fourth-order valence-electron chi connectivity index (χ4n) is 4.14. The summed E-state index contributed by atoms with van der Waals surface area (Å²) < 4.78 is 0. The maximum absolute atomic E-state index is 12.7. The molecule has 0 saturated carbocycles. The first-order valence-electron chi connectivity index (χ1n) is 10.5. The van der Waals surface area contributed by atoms with Crippen LogP contribution in [0.4, 0.5) is 0 Å². The summed E-state index contributed by atoms with van der Waals surface area (Å²) in [5, 5.41) is 16.4. The molecule has 1 unspecified atom stereocenters. The number of fused-ring (bicyclic) bond motifs is 3. The first kappa shape index (κ1) is 20.0. The van der Waals surface area contributed by atoms with Gasteiger partial charge in [0, 0.05) is 29.7 Å². The van der Waals surface area contributed by atoms with Gasteiger partial charge in [-0.3, -0.25) is 9.59 Å². The molecule has 1 atom stereocenters. The Hall–Kier alpha value is -3.28. The van der Waals surface area contributed by atoms with Gasteiger partial charge in [-0.05, 0) is 61.4 Å². The number of hydrogen-bond acceptors (Lipinski definition) is 3. The Balaban J connectivity index is 1.32. The third-order valence-electron chi connectivity index (χ3n) is 5.75. The highest BCUT2D eigenvalue weighted by atomic mass is 16.3. The SMILES string of the molecule is CC1CCc2[nH]c3c(C(=O)NCCCNC(=O)c4cccc(O)c4)cccc3c2C1. The second-order valence-electron chi connectivity index (χ2n) is 8.07. The molecule has 4 N–H and O–H groups in total. The highest BCUT2D eigenvalue weighted by Gasteiger charge is 2.22. The first-order chi connectivity index (χ1) is 14.5. The van der Waals surface area contributed by atoms with Gasteiger partial charge in [0.2, 0.25) is 0 Å². The van der Waals surface area contributed by atoms with Crippen LogP contribution in [-0.2, 0) is 12.8 Å². The molecule has 1 aliphatic rings. The lowest BCUT2D eigenvalue weighted by Crippen LogP contribution is -2.30. The summed E-state index contributed by atoms with van der Waals surface area (Å²) in [5.74, 6) is 0.383. The van der Waals surface area contributed by atoms with Gasteiger partial charge in [-0.15, -0.1) is 0 Å². The second kappa shape index (κ2) is 8.61. The Morgan fingerprint density at radius 3 is 2.67 bits per heavy atom. The molecule has 6 heteroatoms. The average molecular weight is 405 g/mol. The minimum atomic E-state index is -0.242. The van der Waals surface area contributed by atoms with E-state index in [1.54, 1.807) is 12.1 Å². The zero-order valence-corrected chi connectivity index (χ0v) is 17.1. The highest BCUT2D eigenvalue weighted by molar-refractivity contribution is 6.06. The standard InChI is InChI=1S/C24H27N3O3/c1-15-9-10-21-20(13-15)18-7-3-8-19(22(18)27-21)24(30)26-12-4-11-25-23(29)16-5-2-6-17(28)14-16/h2-3,5-8,14-15,27-28H,4,9-13H2,1H3,(H,25,29)(H,26,30). The van der Waals surface area contributed by atoms with Crippen LogP contribution in [0.15, 0.2) is 42.5 Å². The van der Waals surface area contributed by atoms with Crippen LogP contribution in [-0.4, -0.2) is 35.0 Å². The largest absolute Gasteiger partial charge is 0.508 e. The summed E-state index contributed by atoms with van der Waals surface area (Å²) in [4.78, 5) is 28.3. The minimum absolute atomic E-state index is 0.0598. The van der Waals surface area contributed by atoms with E-state index in [9.17, 15) is 14.7 Å². The molecule has 0 spiro atoms. The Bertz CT molecular complexity index is 1090. The van der Waals surface area contributed by atoms with Gasteiger partial charge in [0.1, 0.15) is 5.75 Å². The maximum atomic E-state index is 12.7. The summed E-state index contributed by atoms with van der Waals surface area (Å²) in [7, 11) is 0. The number of H-pyrrole nitrogens is 1. The molecule has 1 aromatic heterocycles. The Morgan fingerprint density at radius 2 is 1.87 bits per heavy atom. The normalized spacial score (nSPS) is 15.6. The fourth-order valence-corrected chi connectivity index (χ4v) is 4.14. The van der Waals surface area contributed by atoms with Gasteiger partial charge in [-0.2, -0.15) is 0 Å². The molecule has 0 saturated heterocycles. The Morgan fingerprint density at radius 1 is 1.10 bits per heavy atom. The van der Waals surface area contributed by atoms with Crippen LogP contribution < -0.4 is 10.6 Å². The lowest BCUT2D eigenvalue weighted by Gasteiger charge is -2.17. The van der Waals surface area contributed by atoms with E-state index in [4.69, 9.17) is 0 Å². The molecule has 3 aromatic rings. The number of phenolic OH excluding ortho intramolecular Hbond substituents is 1. The third-order valence-corrected chi connectivity index (χ3v) is 5.75. The number of aromatic hydroxyl groups is 1. The number of carbonyl (C=O) groups is 2. The molecule has 0 bridgehead atoms. The number of aromatic nitrogens is 1. The number of amides is 2. The second-order valence-corrected chi connectivity index (χ2v) is 8.07. The topological polar surface area (TPSA) is 94.2 Å². The summed E-state index contributed by atoms with van der Waals surface area (Å²) in [6, 6.07) is 12.1. The van der Waals surface area contributed by atoms with Crippen molar-refractivity contribution in [1.82, 2.24) is 15.6 Å². The molecule has 156 valence electrons. The van der Waals surface area contributed by atoms with Crippen LogP contribution in [0.5, 0.6) is 5.75 Å². The first-order valence-corrected chi connectivity index (χ1v) is 10.5. The molecule has 1 aliphatic carbocycles. The third kappa shape index (κ3) is 4.17. The zero-order chi connectivity index (χ0) is 21.1. The summed E-state index contributed by atoms with van der Waals surface area (Å²) in [6.45, 7) is 3.18. The van der Waals surface area contributed by atoms with Gasteiger partial charge in [-0.25, -0.2) is 0 Å². The van der Waals surface area contributed by atoms with Crippen molar-refractivity contribution in [2.24, 2.45) is 5.92 Å². The quantitative estimate of drug-likeness (QED) is 0.473. The van der Waals surface area contributed by atoms with Crippen molar-refractivity contribution >= 4 is 22.7 Å². The van der Waals surface area contributed by atoms with E-state index in [1.165, 1.54) is 29.8 Å².